The van der Waals surface area contributed by atoms with Gasteiger partial charge in [-0.15, -0.1) is 0 Å². The number of nitro groups is 1. The van der Waals surface area contributed by atoms with E-state index in [1.54, 1.807) is 0 Å². The number of amides is 1. The molecule has 1 heterocycles. The van der Waals surface area contributed by atoms with Gasteiger partial charge >= 0.3 is 5.76 Å². The van der Waals surface area contributed by atoms with Crippen molar-refractivity contribution >= 4 is 22.7 Å². The lowest BCUT2D eigenvalue weighted by atomic mass is 10.00. The van der Waals surface area contributed by atoms with Gasteiger partial charge in [0.25, 0.3) is 5.69 Å². The molecular formula is C21H23N3O5. The van der Waals surface area contributed by atoms with Gasteiger partial charge in [0, 0.05) is 19.0 Å². The van der Waals surface area contributed by atoms with Crippen LogP contribution in [-0.4, -0.2) is 15.4 Å². The minimum atomic E-state index is -0.593. The number of aromatic nitrogens is 1. The Bertz CT molecular complexity index is 1130. The van der Waals surface area contributed by atoms with Crippen LogP contribution in [0.3, 0.4) is 0 Å². The molecule has 1 amide bonds. The number of rotatable bonds is 7. The first kappa shape index (κ1) is 20.3. The average Bonchev–Trinajstić information content (AvgIpc) is 2.98. The van der Waals surface area contributed by atoms with Crippen LogP contribution >= 0.6 is 0 Å². The molecule has 0 saturated heterocycles. The molecule has 1 atom stereocenters. The molecule has 3 rings (SSSR count). The average molecular weight is 397 g/mol. The summed E-state index contributed by atoms with van der Waals surface area (Å²) >= 11 is 0. The Balaban J connectivity index is 1.62. The second-order valence-corrected chi connectivity index (χ2v) is 7.18. The maximum Gasteiger partial charge on any atom is 0.419 e. The van der Waals surface area contributed by atoms with Crippen LogP contribution in [0.5, 0.6) is 0 Å². The summed E-state index contributed by atoms with van der Waals surface area (Å²) in [6, 6.07) is 10.1. The van der Waals surface area contributed by atoms with Gasteiger partial charge in [-0.25, -0.2) is 4.79 Å². The molecule has 29 heavy (non-hydrogen) atoms. The molecule has 0 bridgehead atoms. The van der Waals surface area contributed by atoms with Crippen LogP contribution in [0.4, 0.5) is 5.69 Å². The van der Waals surface area contributed by atoms with Crippen molar-refractivity contribution in [2.75, 3.05) is 0 Å². The van der Waals surface area contributed by atoms with E-state index < -0.39 is 10.7 Å². The van der Waals surface area contributed by atoms with Gasteiger partial charge < -0.3 is 9.73 Å². The Labute approximate surface area is 167 Å². The molecule has 1 aromatic heterocycles. The molecule has 0 aliphatic heterocycles. The SMILES string of the molecule is Cc1ccc(C)c([C@H](C)NC(=O)CCCn2c(=O)oc3cc([N+](=O)[O-])ccc32)c1. The van der Waals surface area contributed by atoms with Crippen molar-refractivity contribution in [2.24, 2.45) is 0 Å². The van der Waals surface area contributed by atoms with Crippen LogP contribution in [0.25, 0.3) is 11.1 Å². The Morgan fingerprint density at radius 2 is 2.00 bits per heavy atom. The van der Waals surface area contributed by atoms with Crippen molar-refractivity contribution in [1.29, 1.82) is 0 Å². The highest BCUT2D eigenvalue weighted by Crippen LogP contribution is 2.21. The number of carbonyl (C=O) groups excluding carboxylic acids is 1. The summed E-state index contributed by atoms with van der Waals surface area (Å²) in [7, 11) is 0. The zero-order valence-corrected chi connectivity index (χ0v) is 16.6. The van der Waals surface area contributed by atoms with Crippen molar-refractivity contribution in [1.82, 2.24) is 9.88 Å². The Morgan fingerprint density at radius 3 is 2.72 bits per heavy atom. The fourth-order valence-electron chi connectivity index (χ4n) is 3.40. The standard InChI is InChI=1S/C21H23N3O5/c1-13-6-7-14(2)17(11-13)15(3)22-20(25)5-4-10-23-18-9-8-16(24(27)28)12-19(18)29-21(23)26/h6-9,11-12,15H,4-5,10H2,1-3H3,(H,22,25)/t15-/m0/s1. The van der Waals surface area contributed by atoms with Crippen LogP contribution in [0.2, 0.25) is 0 Å². The Hall–Kier alpha value is -3.42. The zero-order chi connectivity index (χ0) is 21.1. The quantitative estimate of drug-likeness (QED) is 0.482. The van der Waals surface area contributed by atoms with Gasteiger partial charge in [0.2, 0.25) is 5.91 Å². The van der Waals surface area contributed by atoms with Gasteiger partial charge in [-0.3, -0.25) is 19.5 Å². The molecule has 0 unspecified atom stereocenters. The number of hydrogen-bond acceptors (Lipinski definition) is 5. The predicted molar refractivity (Wildman–Crippen MR) is 109 cm³/mol. The first-order valence-corrected chi connectivity index (χ1v) is 9.40. The lowest BCUT2D eigenvalue weighted by Gasteiger charge is -2.17. The number of aryl methyl sites for hydroxylation is 3. The molecule has 8 nitrogen and oxygen atoms in total. The van der Waals surface area contributed by atoms with Crippen LogP contribution in [0.15, 0.2) is 45.6 Å². The third-order valence-electron chi connectivity index (χ3n) is 4.93. The lowest BCUT2D eigenvalue weighted by Crippen LogP contribution is -2.27. The molecule has 0 aliphatic carbocycles. The third-order valence-corrected chi connectivity index (χ3v) is 4.93. The summed E-state index contributed by atoms with van der Waals surface area (Å²) in [5.41, 5.74) is 3.84. The fourth-order valence-corrected chi connectivity index (χ4v) is 3.40. The van der Waals surface area contributed by atoms with Crippen LogP contribution in [0, 0.1) is 24.0 Å². The van der Waals surface area contributed by atoms with E-state index in [0.29, 0.717) is 11.9 Å². The first-order chi connectivity index (χ1) is 13.8. The monoisotopic (exact) mass is 397 g/mol. The second-order valence-electron chi connectivity index (χ2n) is 7.18. The highest BCUT2D eigenvalue weighted by molar-refractivity contribution is 5.77. The highest BCUT2D eigenvalue weighted by atomic mass is 16.6. The van der Waals surface area contributed by atoms with Gasteiger partial charge in [-0.2, -0.15) is 0 Å². The third kappa shape index (κ3) is 4.53. The predicted octanol–water partition coefficient (Wildman–Crippen LogP) is 3.78. The van der Waals surface area contributed by atoms with Gasteiger partial charge in [0.15, 0.2) is 5.58 Å². The maximum absolute atomic E-state index is 12.3. The summed E-state index contributed by atoms with van der Waals surface area (Å²) in [5, 5.41) is 13.8. The maximum atomic E-state index is 12.3. The van der Waals surface area contributed by atoms with Crippen molar-refractivity contribution < 1.29 is 14.1 Å². The van der Waals surface area contributed by atoms with Gasteiger partial charge in [-0.1, -0.05) is 23.8 Å². The van der Waals surface area contributed by atoms with E-state index in [2.05, 4.69) is 11.4 Å². The Kier molecular flexibility index (Phi) is 5.81. The summed E-state index contributed by atoms with van der Waals surface area (Å²) in [6.07, 6.45) is 0.693. The molecule has 152 valence electrons. The summed E-state index contributed by atoms with van der Waals surface area (Å²) < 4.78 is 6.49. The number of fused-ring (bicyclic) bond motifs is 1. The van der Waals surface area contributed by atoms with E-state index in [1.165, 1.54) is 22.8 Å². The Morgan fingerprint density at radius 1 is 1.24 bits per heavy atom. The topological polar surface area (TPSA) is 107 Å². The molecule has 0 radical (unpaired) electrons. The summed E-state index contributed by atoms with van der Waals surface area (Å²) in [5.74, 6) is -0.695. The van der Waals surface area contributed by atoms with Gasteiger partial charge in [0.05, 0.1) is 22.5 Å². The van der Waals surface area contributed by atoms with Gasteiger partial charge in [0.1, 0.15) is 0 Å². The molecular weight excluding hydrogens is 374 g/mol. The van der Waals surface area contributed by atoms with E-state index >= 15 is 0 Å². The van der Waals surface area contributed by atoms with E-state index in [-0.39, 0.29) is 36.2 Å². The number of benzene rings is 2. The molecule has 0 aliphatic rings. The molecule has 0 saturated carbocycles. The number of nitrogens with zero attached hydrogens (tertiary/aromatic N) is 2. The molecule has 2 aromatic carbocycles. The number of oxazole rings is 1. The molecule has 1 N–H and O–H groups in total. The van der Waals surface area contributed by atoms with Crippen LogP contribution in [0.1, 0.15) is 42.5 Å². The number of carbonyl (C=O) groups is 1. The fraction of sp³-hybridized carbons (Fsp3) is 0.333. The number of nitro benzene ring substituents is 1. The second kappa shape index (κ2) is 8.30. The zero-order valence-electron chi connectivity index (χ0n) is 16.6. The smallest absolute Gasteiger partial charge is 0.407 e. The summed E-state index contributed by atoms with van der Waals surface area (Å²) in [4.78, 5) is 34.7. The van der Waals surface area contributed by atoms with Crippen molar-refractivity contribution in [3.05, 3.63) is 73.8 Å². The highest BCUT2D eigenvalue weighted by Gasteiger charge is 2.15. The minimum Gasteiger partial charge on any atom is -0.407 e. The van der Waals surface area contributed by atoms with Gasteiger partial charge in [-0.05, 0) is 44.4 Å². The number of non-ortho nitro benzene ring substituents is 1. The van der Waals surface area contributed by atoms with E-state index in [9.17, 15) is 19.7 Å². The van der Waals surface area contributed by atoms with Crippen molar-refractivity contribution in [3.8, 4) is 0 Å². The van der Waals surface area contributed by atoms with Crippen molar-refractivity contribution in [3.63, 3.8) is 0 Å². The molecule has 0 spiro atoms. The van der Waals surface area contributed by atoms with Crippen molar-refractivity contribution in [2.45, 2.75) is 46.2 Å². The first-order valence-electron chi connectivity index (χ1n) is 9.40. The van der Waals surface area contributed by atoms with E-state index in [0.717, 1.165) is 16.7 Å². The summed E-state index contributed by atoms with van der Waals surface area (Å²) in [6.45, 7) is 6.26. The minimum absolute atomic E-state index is 0.102. The van der Waals surface area contributed by atoms with Crippen LogP contribution in [-0.2, 0) is 11.3 Å². The molecule has 0 fully saturated rings. The van der Waals surface area contributed by atoms with Crippen LogP contribution < -0.4 is 11.1 Å². The molecule has 3 aromatic rings. The van der Waals surface area contributed by atoms with E-state index in [4.69, 9.17) is 4.42 Å². The normalized spacial score (nSPS) is 12.1. The number of hydrogen-bond donors (Lipinski definition) is 1. The molecule has 8 heteroatoms. The largest absolute Gasteiger partial charge is 0.419 e. The lowest BCUT2D eigenvalue weighted by molar-refractivity contribution is -0.384. The number of nitrogens with one attached hydrogen (secondary N) is 1. The van der Waals surface area contributed by atoms with E-state index in [1.807, 2.05) is 32.9 Å².